The fourth-order valence-electron chi connectivity index (χ4n) is 1.91. The fraction of sp³-hybridized carbons (Fsp3) is 0.600. The average Bonchev–Trinajstić information content (AvgIpc) is 2.51. The zero-order valence-corrected chi connectivity index (χ0v) is 14.7. The SMILES string of the molecule is CCCCCC[C@H](C)OC(=O)COc1nc(F)c(Cl)c(N)c1Cl. The Bertz CT molecular complexity index is 544. The van der Waals surface area contributed by atoms with E-state index in [1.54, 1.807) is 0 Å². The zero-order chi connectivity index (χ0) is 17.4. The molecule has 2 N–H and O–H groups in total. The molecule has 0 unspecified atom stereocenters. The topological polar surface area (TPSA) is 74.4 Å². The Morgan fingerprint density at radius 2 is 2.00 bits per heavy atom. The predicted molar refractivity (Wildman–Crippen MR) is 88.4 cm³/mol. The molecule has 0 aliphatic carbocycles. The van der Waals surface area contributed by atoms with Crippen LogP contribution in [0.25, 0.3) is 0 Å². The van der Waals surface area contributed by atoms with Crippen LogP contribution in [0.4, 0.5) is 10.1 Å². The highest BCUT2D eigenvalue weighted by Crippen LogP contribution is 2.35. The van der Waals surface area contributed by atoms with E-state index in [0.717, 1.165) is 32.1 Å². The van der Waals surface area contributed by atoms with E-state index in [0.29, 0.717) is 0 Å². The van der Waals surface area contributed by atoms with Gasteiger partial charge < -0.3 is 15.2 Å². The van der Waals surface area contributed by atoms with E-state index < -0.39 is 18.5 Å². The third-order valence-electron chi connectivity index (χ3n) is 3.17. The van der Waals surface area contributed by atoms with Crippen molar-refractivity contribution < 1.29 is 18.7 Å². The van der Waals surface area contributed by atoms with Crippen LogP contribution in [0.5, 0.6) is 5.88 Å². The lowest BCUT2D eigenvalue weighted by molar-refractivity contribution is -0.151. The number of hydrogen-bond acceptors (Lipinski definition) is 5. The second-order valence-corrected chi connectivity index (χ2v) is 5.94. The van der Waals surface area contributed by atoms with Gasteiger partial charge in [0.2, 0.25) is 11.8 Å². The third kappa shape index (κ3) is 6.39. The number of nitrogens with two attached hydrogens (primary N) is 1. The van der Waals surface area contributed by atoms with Crippen molar-refractivity contribution >= 4 is 34.9 Å². The lowest BCUT2D eigenvalue weighted by Crippen LogP contribution is -2.21. The van der Waals surface area contributed by atoms with Crippen molar-refractivity contribution in [2.75, 3.05) is 12.3 Å². The first-order valence-electron chi connectivity index (χ1n) is 7.49. The van der Waals surface area contributed by atoms with Gasteiger partial charge in [0.25, 0.3) is 0 Å². The lowest BCUT2D eigenvalue weighted by atomic mass is 10.1. The number of nitrogens with zero attached hydrogens (tertiary/aromatic N) is 1. The van der Waals surface area contributed by atoms with Crippen LogP contribution in [-0.2, 0) is 9.53 Å². The number of unbranched alkanes of at least 4 members (excludes halogenated alkanes) is 3. The number of aromatic nitrogens is 1. The summed E-state index contributed by atoms with van der Waals surface area (Å²) in [6, 6.07) is 0. The van der Waals surface area contributed by atoms with Crippen LogP contribution >= 0.6 is 23.2 Å². The highest BCUT2D eigenvalue weighted by atomic mass is 35.5. The molecule has 8 heteroatoms. The summed E-state index contributed by atoms with van der Waals surface area (Å²) in [7, 11) is 0. The fourth-order valence-corrected chi connectivity index (χ4v) is 2.29. The monoisotopic (exact) mass is 366 g/mol. The largest absolute Gasteiger partial charge is 0.464 e. The molecule has 0 bridgehead atoms. The van der Waals surface area contributed by atoms with E-state index in [-0.39, 0.29) is 27.7 Å². The maximum atomic E-state index is 13.4. The Morgan fingerprint density at radius 1 is 1.30 bits per heavy atom. The molecule has 130 valence electrons. The van der Waals surface area contributed by atoms with E-state index in [4.69, 9.17) is 38.4 Å². The molecule has 0 radical (unpaired) electrons. The number of anilines is 1. The third-order valence-corrected chi connectivity index (χ3v) is 3.89. The first kappa shape index (κ1) is 19.8. The van der Waals surface area contributed by atoms with Crippen LogP contribution in [0.15, 0.2) is 0 Å². The molecule has 0 saturated carbocycles. The number of esters is 1. The van der Waals surface area contributed by atoms with Gasteiger partial charge in [-0.05, 0) is 19.8 Å². The Kier molecular flexibility index (Phi) is 8.41. The van der Waals surface area contributed by atoms with Crippen molar-refractivity contribution in [1.29, 1.82) is 0 Å². The highest BCUT2D eigenvalue weighted by Gasteiger charge is 2.18. The second kappa shape index (κ2) is 9.78. The molecule has 0 saturated heterocycles. The van der Waals surface area contributed by atoms with E-state index >= 15 is 0 Å². The summed E-state index contributed by atoms with van der Waals surface area (Å²) in [5, 5.41) is -0.526. The van der Waals surface area contributed by atoms with Crippen molar-refractivity contribution in [2.24, 2.45) is 0 Å². The normalized spacial score (nSPS) is 12.0. The van der Waals surface area contributed by atoms with Crippen molar-refractivity contribution in [3.63, 3.8) is 0 Å². The van der Waals surface area contributed by atoms with Crippen LogP contribution < -0.4 is 10.5 Å². The molecule has 23 heavy (non-hydrogen) atoms. The van der Waals surface area contributed by atoms with Gasteiger partial charge in [0.1, 0.15) is 10.0 Å². The van der Waals surface area contributed by atoms with Crippen molar-refractivity contribution in [1.82, 2.24) is 4.98 Å². The van der Waals surface area contributed by atoms with Crippen LogP contribution in [-0.4, -0.2) is 23.7 Å². The molecule has 1 aromatic heterocycles. The molecule has 1 rings (SSSR count). The molecule has 0 amide bonds. The van der Waals surface area contributed by atoms with Gasteiger partial charge in [-0.1, -0.05) is 49.4 Å². The van der Waals surface area contributed by atoms with E-state index in [1.165, 1.54) is 0 Å². The summed E-state index contributed by atoms with van der Waals surface area (Å²) in [5.41, 5.74) is 5.32. The molecule has 1 aromatic rings. The van der Waals surface area contributed by atoms with Gasteiger partial charge in [-0.25, -0.2) is 4.79 Å². The van der Waals surface area contributed by atoms with Crippen LogP contribution in [0.2, 0.25) is 10.0 Å². The summed E-state index contributed by atoms with van der Waals surface area (Å²) in [6.45, 7) is 3.51. The molecule has 0 fully saturated rings. The maximum absolute atomic E-state index is 13.4. The summed E-state index contributed by atoms with van der Waals surface area (Å²) >= 11 is 11.4. The molecule has 0 aromatic carbocycles. The van der Waals surface area contributed by atoms with Gasteiger partial charge in [-0.15, -0.1) is 0 Å². The van der Waals surface area contributed by atoms with E-state index in [9.17, 15) is 9.18 Å². The Hall–Kier alpha value is -1.27. The zero-order valence-electron chi connectivity index (χ0n) is 13.2. The summed E-state index contributed by atoms with van der Waals surface area (Å²) in [6.07, 6.45) is 4.99. The van der Waals surface area contributed by atoms with Crippen molar-refractivity contribution in [3.8, 4) is 5.88 Å². The minimum atomic E-state index is -1.01. The number of hydrogen-bond donors (Lipinski definition) is 1. The Labute approximate surface area is 145 Å². The Balaban J connectivity index is 2.45. The summed E-state index contributed by atoms with van der Waals surface area (Å²) in [4.78, 5) is 15.1. The van der Waals surface area contributed by atoms with Gasteiger partial charge in [-0.3, -0.25) is 0 Å². The lowest BCUT2D eigenvalue weighted by Gasteiger charge is -2.14. The van der Waals surface area contributed by atoms with Gasteiger partial charge in [0, 0.05) is 0 Å². The average molecular weight is 367 g/mol. The second-order valence-electron chi connectivity index (χ2n) is 5.19. The summed E-state index contributed by atoms with van der Waals surface area (Å²) in [5.74, 6) is -1.89. The Morgan fingerprint density at radius 3 is 2.65 bits per heavy atom. The maximum Gasteiger partial charge on any atom is 0.344 e. The number of nitrogen functional groups attached to an aromatic ring is 1. The number of ether oxygens (including phenoxy) is 2. The van der Waals surface area contributed by atoms with Crippen LogP contribution in [0.1, 0.15) is 46.0 Å². The van der Waals surface area contributed by atoms with E-state index in [1.807, 2.05) is 6.92 Å². The minimum absolute atomic E-state index is 0.142. The van der Waals surface area contributed by atoms with Gasteiger partial charge in [-0.2, -0.15) is 9.37 Å². The van der Waals surface area contributed by atoms with Crippen LogP contribution in [0, 0.1) is 5.95 Å². The first-order valence-corrected chi connectivity index (χ1v) is 8.24. The molecule has 1 heterocycles. The first-order chi connectivity index (χ1) is 10.9. The number of pyridine rings is 1. The molecule has 0 aliphatic heterocycles. The number of carbonyl (C=O) groups is 1. The highest BCUT2D eigenvalue weighted by molar-refractivity contribution is 6.39. The predicted octanol–water partition coefficient (Wildman–Crippen LogP) is 4.39. The molecular formula is C15H21Cl2FN2O3. The standard InChI is InChI=1S/C15H21Cl2FN2O3/c1-3-4-5-6-7-9(2)23-10(21)8-22-15-12(17)13(19)11(16)14(18)20-15/h9H,3-8H2,1-2H3,(H2,19,20)/t9-/m0/s1. The van der Waals surface area contributed by atoms with Crippen molar-refractivity contribution in [3.05, 3.63) is 16.0 Å². The van der Waals surface area contributed by atoms with Gasteiger partial charge in [0.05, 0.1) is 11.8 Å². The van der Waals surface area contributed by atoms with Crippen molar-refractivity contribution in [2.45, 2.75) is 52.1 Å². The number of carbonyl (C=O) groups excluding carboxylic acids is 1. The van der Waals surface area contributed by atoms with Crippen LogP contribution in [0.3, 0.4) is 0 Å². The molecule has 0 aliphatic rings. The van der Waals surface area contributed by atoms with Gasteiger partial charge >= 0.3 is 5.97 Å². The smallest absolute Gasteiger partial charge is 0.344 e. The molecule has 1 atom stereocenters. The summed E-state index contributed by atoms with van der Waals surface area (Å²) < 4.78 is 23.6. The molecular weight excluding hydrogens is 346 g/mol. The number of halogens is 3. The van der Waals surface area contributed by atoms with E-state index in [2.05, 4.69) is 11.9 Å². The number of rotatable bonds is 9. The quantitative estimate of drug-likeness (QED) is 0.398. The minimum Gasteiger partial charge on any atom is -0.464 e. The molecule has 0 spiro atoms. The van der Waals surface area contributed by atoms with Gasteiger partial charge in [0.15, 0.2) is 6.61 Å². The molecule has 5 nitrogen and oxygen atoms in total.